The lowest BCUT2D eigenvalue weighted by Gasteiger charge is -2.14. The van der Waals surface area contributed by atoms with Crippen LogP contribution in [-0.4, -0.2) is 35.8 Å². The predicted octanol–water partition coefficient (Wildman–Crippen LogP) is 4.32. The van der Waals surface area contributed by atoms with Gasteiger partial charge >= 0.3 is 5.97 Å². The van der Waals surface area contributed by atoms with Gasteiger partial charge in [-0.2, -0.15) is 9.78 Å². The molecule has 2 aromatic carbocycles. The molecule has 4 aromatic rings. The van der Waals surface area contributed by atoms with Crippen LogP contribution in [0.5, 0.6) is 0 Å². The molecule has 0 amide bonds. The number of benzene rings is 2. The summed E-state index contributed by atoms with van der Waals surface area (Å²) in [6.07, 6.45) is 1.28. The van der Waals surface area contributed by atoms with Crippen molar-refractivity contribution in [1.29, 1.82) is 0 Å². The maximum atomic E-state index is 13.1. The summed E-state index contributed by atoms with van der Waals surface area (Å²) in [5, 5.41) is 5.29. The Hall–Kier alpha value is -3.72. The van der Waals surface area contributed by atoms with Crippen molar-refractivity contribution in [3.05, 3.63) is 77.0 Å². The molecule has 2 heterocycles. The fourth-order valence-electron chi connectivity index (χ4n) is 3.70. The van der Waals surface area contributed by atoms with Crippen molar-refractivity contribution in [3.63, 3.8) is 0 Å². The van der Waals surface area contributed by atoms with Crippen LogP contribution in [-0.2, 0) is 14.8 Å². The van der Waals surface area contributed by atoms with Gasteiger partial charge in [0.15, 0.2) is 11.6 Å². The number of pyridine rings is 1. The summed E-state index contributed by atoms with van der Waals surface area (Å²) in [5.74, 6) is -0.333. The Morgan fingerprint density at radius 2 is 1.79 bits per heavy atom. The van der Waals surface area contributed by atoms with E-state index in [1.165, 1.54) is 23.0 Å². The highest BCUT2D eigenvalue weighted by Gasteiger charge is 2.25. The Bertz CT molecular complexity index is 1460. The van der Waals surface area contributed by atoms with E-state index in [4.69, 9.17) is 9.72 Å². The Morgan fingerprint density at radius 3 is 2.48 bits per heavy atom. The smallest absolute Gasteiger partial charge is 0.343 e. The maximum absolute atomic E-state index is 13.1. The molecule has 33 heavy (non-hydrogen) atoms. The molecule has 0 fully saturated rings. The van der Waals surface area contributed by atoms with Crippen LogP contribution in [0.15, 0.2) is 59.6 Å². The van der Waals surface area contributed by atoms with Gasteiger partial charge in [0.05, 0.1) is 23.2 Å². The van der Waals surface area contributed by atoms with Gasteiger partial charge in [0, 0.05) is 5.39 Å². The second-order valence-electron chi connectivity index (χ2n) is 7.73. The van der Waals surface area contributed by atoms with E-state index in [0.29, 0.717) is 5.82 Å². The molecule has 0 aliphatic carbocycles. The van der Waals surface area contributed by atoms with E-state index in [-0.39, 0.29) is 22.9 Å². The minimum Gasteiger partial charge on any atom is -0.462 e. The van der Waals surface area contributed by atoms with Crippen molar-refractivity contribution in [1.82, 2.24) is 14.8 Å². The van der Waals surface area contributed by atoms with Crippen molar-refractivity contribution >= 4 is 32.7 Å². The molecule has 170 valence electrons. The second kappa shape index (κ2) is 8.67. The number of ether oxygens (including phenoxy) is 1. The number of rotatable bonds is 6. The number of nitrogens with one attached hydrogen (secondary N) is 1. The molecule has 9 heteroatoms. The molecule has 0 aliphatic heterocycles. The van der Waals surface area contributed by atoms with E-state index < -0.39 is 16.0 Å². The summed E-state index contributed by atoms with van der Waals surface area (Å²) >= 11 is 0. The third kappa shape index (κ3) is 4.31. The van der Waals surface area contributed by atoms with Gasteiger partial charge in [-0.1, -0.05) is 29.8 Å². The summed E-state index contributed by atoms with van der Waals surface area (Å²) in [5.41, 5.74) is 3.83. The summed E-state index contributed by atoms with van der Waals surface area (Å²) in [7, 11) is -4.00. The minimum atomic E-state index is -4.00. The summed E-state index contributed by atoms with van der Waals surface area (Å²) in [6.45, 7) is 7.76. The predicted molar refractivity (Wildman–Crippen MR) is 126 cm³/mol. The topological polar surface area (TPSA) is 103 Å². The van der Waals surface area contributed by atoms with E-state index in [2.05, 4.69) is 15.9 Å². The van der Waals surface area contributed by atoms with Crippen LogP contribution in [0.3, 0.4) is 0 Å². The van der Waals surface area contributed by atoms with Crippen molar-refractivity contribution in [2.45, 2.75) is 32.6 Å². The number of hydrogen-bond acceptors (Lipinski definition) is 6. The lowest BCUT2D eigenvalue weighted by atomic mass is 10.0. The lowest BCUT2D eigenvalue weighted by Crippen LogP contribution is -2.19. The van der Waals surface area contributed by atoms with Crippen LogP contribution in [0, 0.1) is 20.8 Å². The summed E-state index contributed by atoms with van der Waals surface area (Å²) in [6, 6.07) is 13.8. The molecule has 0 spiro atoms. The molecule has 0 unspecified atom stereocenters. The second-order valence-corrected chi connectivity index (χ2v) is 9.42. The quantitative estimate of drug-likeness (QED) is 0.426. The number of carbonyl (C=O) groups excluding carboxylic acids is 1. The van der Waals surface area contributed by atoms with Gasteiger partial charge in [-0.25, -0.2) is 18.2 Å². The number of fused-ring (bicyclic) bond motifs is 1. The number of anilines is 1. The fourth-order valence-corrected chi connectivity index (χ4v) is 4.78. The Kier molecular flexibility index (Phi) is 5.90. The molecular weight excluding hydrogens is 440 g/mol. The zero-order valence-corrected chi connectivity index (χ0v) is 19.6. The molecule has 0 radical (unpaired) electrons. The maximum Gasteiger partial charge on any atom is 0.343 e. The molecule has 0 atom stereocenters. The molecule has 2 aromatic heterocycles. The highest BCUT2D eigenvalue weighted by molar-refractivity contribution is 7.92. The molecular formula is C24H24N4O4S. The van der Waals surface area contributed by atoms with E-state index in [1.54, 1.807) is 25.1 Å². The standard InChI is InChI=1S/C24H24N4O4S/c1-5-32-24(29)20-14-25-28(23(20)27-33(30,31)18-9-7-6-8-10-18)21-13-16(3)19-12-15(2)11-17(4)22(19)26-21/h6-14,27H,5H2,1-4H3. The number of aryl methyl sites for hydroxylation is 3. The molecule has 0 bridgehead atoms. The first-order valence-electron chi connectivity index (χ1n) is 10.4. The number of aromatic nitrogens is 3. The van der Waals surface area contributed by atoms with Crippen LogP contribution in [0.4, 0.5) is 5.82 Å². The molecule has 4 rings (SSSR count). The first-order chi connectivity index (χ1) is 15.7. The van der Waals surface area contributed by atoms with Gasteiger partial charge in [-0.3, -0.25) is 4.72 Å². The monoisotopic (exact) mass is 464 g/mol. The van der Waals surface area contributed by atoms with Crippen LogP contribution in [0.25, 0.3) is 16.7 Å². The summed E-state index contributed by atoms with van der Waals surface area (Å²) < 4.78 is 35.1. The Balaban J connectivity index is 1.90. The van der Waals surface area contributed by atoms with Crippen molar-refractivity contribution < 1.29 is 17.9 Å². The number of sulfonamides is 1. The van der Waals surface area contributed by atoms with Gasteiger partial charge in [-0.05, 0) is 63.1 Å². The number of hydrogen-bond donors (Lipinski definition) is 1. The SMILES string of the molecule is CCOC(=O)c1cnn(-c2cc(C)c3cc(C)cc(C)c3n2)c1NS(=O)(=O)c1ccccc1. The third-order valence-electron chi connectivity index (χ3n) is 5.21. The van der Waals surface area contributed by atoms with Gasteiger partial charge in [0.25, 0.3) is 10.0 Å². The van der Waals surface area contributed by atoms with E-state index in [0.717, 1.165) is 27.6 Å². The average molecular weight is 465 g/mol. The van der Waals surface area contributed by atoms with E-state index in [1.807, 2.05) is 32.9 Å². The van der Waals surface area contributed by atoms with Gasteiger partial charge in [0.1, 0.15) is 5.56 Å². The normalized spacial score (nSPS) is 11.5. The van der Waals surface area contributed by atoms with Crippen molar-refractivity contribution in [2.75, 3.05) is 11.3 Å². The highest BCUT2D eigenvalue weighted by atomic mass is 32.2. The zero-order valence-electron chi connectivity index (χ0n) is 18.8. The van der Waals surface area contributed by atoms with Crippen molar-refractivity contribution in [2.24, 2.45) is 0 Å². The Labute approximate surface area is 192 Å². The first kappa shape index (κ1) is 22.5. The average Bonchev–Trinajstić information content (AvgIpc) is 3.18. The van der Waals surface area contributed by atoms with Crippen LogP contribution >= 0.6 is 0 Å². The highest BCUT2D eigenvalue weighted by Crippen LogP contribution is 2.28. The third-order valence-corrected chi connectivity index (χ3v) is 6.56. The molecule has 0 saturated heterocycles. The molecule has 1 N–H and O–H groups in total. The van der Waals surface area contributed by atoms with Gasteiger partial charge in [0.2, 0.25) is 0 Å². The number of nitrogens with zero attached hydrogens (tertiary/aromatic N) is 3. The van der Waals surface area contributed by atoms with E-state index >= 15 is 0 Å². The molecule has 0 saturated carbocycles. The number of esters is 1. The fraction of sp³-hybridized carbons (Fsp3) is 0.208. The van der Waals surface area contributed by atoms with Crippen LogP contribution in [0.1, 0.15) is 34.0 Å². The van der Waals surface area contributed by atoms with Gasteiger partial charge < -0.3 is 4.74 Å². The summed E-state index contributed by atoms with van der Waals surface area (Å²) in [4.78, 5) is 17.4. The Morgan fingerprint density at radius 1 is 1.06 bits per heavy atom. The minimum absolute atomic E-state index is 0.00321. The van der Waals surface area contributed by atoms with Gasteiger partial charge in [-0.15, -0.1) is 0 Å². The van der Waals surface area contributed by atoms with E-state index in [9.17, 15) is 13.2 Å². The molecule has 8 nitrogen and oxygen atoms in total. The number of carbonyl (C=O) groups is 1. The zero-order chi connectivity index (χ0) is 23.8. The first-order valence-corrected chi connectivity index (χ1v) is 11.9. The van der Waals surface area contributed by atoms with Crippen LogP contribution in [0.2, 0.25) is 0 Å². The lowest BCUT2D eigenvalue weighted by molar-refractivity contribution is 0.0527. The van der Waals surface area contributed by atoms with Crippen LogP contribution < -0.4 is 4.72 Å². The molecule has 0 aliphatic rings. The largest absolute Gasteiger partial charge is 0.462 e. The van der Waals surface area contributed by atoms with Crippen molar-refractivity contribution in [3.8, 4) is 5.82 Å².